The molecule has 1 aromatic rings. The number of nitrogens with zero attached hydrogens (tertiary/aromatic N) is 1. The third-order valence-corrected chi connectivity index (χ3v) is 3.63. The van der Waals surface area contributed by atoms with E-state index in [1.165, 1.54) is 5.56 Å². The van der Waals surface area contributed by atoms with E-state index in [1.807, 2.05) is 6.07 Å². The highest BCUT2D eigenvalue weighted by molar-refractivity contribution is 5.76. The summed E-state index contributed by atoms with van der Waals surface area (Å²) in [4.78, 5) is 14.2. The number of rotatable bonds is 9. The third-order valence-electron chi connectivity index (χ3n) is 3.63. The summed E-state index contributed by atoms with van der Waals surface area (Å²) in [6.45, 7) is 11.2. The fraction of sp³-hybridized carbons (Fsp3) is 0.611. The Labute approximate surface area is 129 Å². The highest BCUT2D eigenvalue weighted by atomic mass is 16.1. The predicted molar refractivity (Wildman–Crippen MR) is 89.1 cm³/mol. The van der Waals surface area contributed by atoms with Crippen LogP contribution >= 0.6 is 0 Å². The van der Waals surface area contributed by atoms with Gasteiger partial charge < -0.3 is 5.32 Å². The Hall–Kier alpha value is -1.35. The van der Waals surface area contributed by atoms with Gasteiger partial charge in [0, 0.05) is 32.1 Å². The molecule has 0 unspecified atom stereocenters. The normalized spacial score (nSPS) is 11.4. The van der Waals surface area contributed by atoms with Gasteiger partial charge in [0.1, 0.15) is 0 Å². The fourth-order valence-corrected chi connectivity index (χ4v) is 2.17. The van der Waals surface area contributed by atoms with Gasteiger partial charge in [-0.15, -0.1) is 0 Å². The van der Waals surface area contributed by atoms with Crippen LogP contribution in [0.25, 0.3) is 0 Å². The molecule has 0 atom stereocenters. The van der Waals surface area contributed by atoms with Crippen LogP contribution in [0.4, 0.5) is 0 Å². The van der Waals surface area contributed by atoms with Gasteiger partial charge in [-0.05, 0) is 31.7 Å². The van der Waals surface area contributed by atoms with Gasteiger partial charge in [0.2, 0.25) is 5.91 Å². The second kappa shape index (κ2) is 9.56. The minimum absolute atomic E-state index is 0.161. The smallest absolute Gasteiger partial charge is 0.221 e. The summed E-state index contributed by atoms with van der Waals surface area (Å²) in [5, 5.41) is 3.01. The van der Waals surface area contributed by atoms with Crippen LogP contribution in [-0.4, -0.2) is 29.9 Å². The van der Waals surface area contributed by atoms with E-state index in [1.54, 1.807) is 0 Å². The molecule has 3 nitrogen and oxygen atoms in total. The third kappa shape index (κ3) is 7.86. The van der Waals surface area contributed by atoms with Gasteiger partial charge in [-0.2, -0.15) is 0 Å². The first-order valence-corrected chi connectivity index (χ1v) is 8.03. The van der Waals surface area contributed by atoms with Crippen LogP contribution < -0.4 is 5.32 Å². The topological polar surface area (TPSA) is 32.3 Å². The quantitative estimate of drug-likeness (QED) is 0.755. The number of benzene rings is 1. The maximum Gasteiger partial charge on any atom is 0.221 e. The van der Waals surface area contributed by atoms with E-state index >= 15 is 0 Å². The molecule has 1 aromatic carbocycles. The number of hydrogen-bond donors (Lipinski definition) is 1. The van der Waals surface area contributed by atoms with Gasteiger partial charge >= 0.3 is 0 Å². The zero-order chi connectivity index (χ0) is 15.7. The van der Waals surface area contributed by atoms with Crippen molar-refractivity contribution in [3.63, 3.8) is 0 Å². The van der Waals surface area contributed by atoms with E-state index in [4.69, 9.17) is 0 Å². The molecule has 0 saturated heterocycles. The summed E-state index contributed by atoms with van der Waals surface area (Å²) < 4.78 is 0. The summed E-state index contributed by atoms with van der Waals surface area (Å²) in [5.74, 6) is 0.796. The van der Waals surface area contributed by atoms with Crippen molar-refractivity contribution in [2.75, 3.05) is 13.1 Å². The Morgan fingerprint density at radius 2 is 1.81 bits per heavy atom. The second-order valence-corrected chi connectivity index (χ2v) is 6.33. The van der Waals surface area contributed by atoms with Crippen LogP contribution in [0.1, 0.15) is 46.1 Å². The molecule has 0 aromatic heterocycles. The highest BCUT2D eigenvalue weighted by Crippen LogP contribution is 2.08. The second-order valence-electron chi connectivity index (χ2n) is 6.33. The molecule has 0 heterocycles. The lowest BCUT2D eigenvalue weighted by atomic mass is 10.1. The zero-order valence-electron chi connectivity index (χ0n) is 13.9. The average molecular weight is 290 g/mol. The van der Waals surface area contributed by atoms with Crippen LogP contribution in [0.3, 0.4) is 0 Å². The van der Waals surface area contributed by atoms with E-state index in [9.17, 15) is 4.79 Å². The minimum atomic E-state index is 0.161. The van der Waals surface area contributed by atoms with Gasteiger partial charge in [0.25, 0.3) is 0 Å². The van der Waals surface area contributed by atoms with E-state index in [0.717, 1.165) is 26.1 Å². The van der Waals surface area contributed by atoms with Crippen molar-refractivity contribution in [2.24, 2.45) is 5.92 Å². The largest absolute Gasteiger partial charge is 0.356 e. The van der Waals surface area contributed by atoms with E-state index in [-0.39, 0.29) is 5.91 Å². The molecule has 3 heteroatoms. The van der Waals surface area contributed by atoms with Gasteiger partial charge in [-0.25, -0.2) is 0 Å². The molecule has 1 rings (SSSR count). The van der Waals surface area contributed by atoms with E-state index in [0.29, 0.717) is 18.4 Å². The van der Waals surface area contributed by atoms with Crippen molar-refractivity contribution < 1.29 is 4.79 Å². The molecule has 0 aliphatic rings. The lowest BCUT2D eigenvalue weighted by molar-refractivity contribution is -0.121. The van der Waals surface area contributed by atoms with Crippen molar-refractivity contribution in [2.45, 2.75) is 53.1 Å². The summed E-state index contributed by atoms with van der Waals surface area (Å²) in [7, 11) is 0. The zero-order valence-corrected chi connectivity index (χ0v) is 13.9. The highest BCUT2D eigenvalue weighted by Gasteiger charge is 2.12. The molecule has 0 fully saturated rings. The van der Waals surface area contributed by atoms with Crippen molar-refractivity contribution in [1.82, 2.24) is 10.2 Å². The molecular formula is C18H30N2O. The Bertz CT molecular complexity index is 401. The van der Waals surface area contributed by atoms with Crippen molar-refractivity contribution in [3.8, 4) is 0 Å². The van der Waals surface area contributed by atoms with Gasteiger partial charge in [0.05, 0.1) is 0 Å². The van der Waals surface area contributed by atoms with Crippen molar-refractivity contribution in [1.29, 1.82) is 0 Å². The lowest BCUT2D eigenvalue weighted by Crippen LogP contribution is -2.35. The first-order chi connectivity index (χ1) is 9.99. The van der Waals surface area contributed by atoms with Crippen LogP contribution in [-0.2, 0) is 11.3 Å². The van der Waals surface area contributed by atoms with Crippen LogP contribution in [0.2, 0.25) is 0 Å². The number of carbonyl (C=O) groups excluding carboxylic acids is 1. The molecule has 0 aliphatic carbocycles. The standard InChI is InChI=1S/C18H30N2O/c1-15(2)10-12-19-18(21)11-13-20(16(3)4)14-17-8-6-5-7-9-17/h5-9,15-16H,10-14H2,1-4H3,(H,19,21). The van der Waals surface area contributed by atoms with Gasteiger partial charge in [-0.3, -0.25) is 9.69 Å². The van der Waals surface area contributed by atoms with Crippen LogP contribution in [0.5, 0.6) is 0 Å². The molecule has 21 heavy (non-hydrogen) atoms. The summed E-state index contributed by atoms with van der Waals surface area (Å²) in [6.07, 6.45) is 1.62. The maximum atomic E-state index is 11.9. The summed E-state index contributed by atoms with van der Waals surface area (Å²) in [6, 6.07) is 10.9. The number of carbonyl (C=O) groups is 1. The van der Waals surface area contributed by atoms with Crippen LogP contribution in [0, 0.1) is 5.92 Å². The molecule has 0 spiro atoms. The first kappa shape index (κ1) is 17.7. The maximum absolute atomic E-state index is 11.9. The molecule has 1 N–H and O–H groups in total. The minimum Gasteiger partial charge on any atom is -0.356 e. The Kier molecular flexibility index (Phi) is 8.06. The average Bonchev–Trinajstić information content (AvgIpc) is 2.43. The Morgan fingerprint density at radius 1 is 1.14 bits per heavy atom. The Balaban J connectivity index is 2.36. The first-order valence-electron chi connectivity index (χ1n) is 8.03. The molecule has 118 valence electrons. The fourth-order valence-electron chi connectivity index (χ4n) is 2.17. The monoisotopic (exact) mass is 290 g/mol. The van der Waals surface area contributed by atoms with Gasteiger partial charge in [-0.1, -0.05) is 44.2 Å². The summed E-state index contributed by atoms with van der Waals surface area (Å²) >= 11 is 0. The molecule has 1 amide bonds. The lowest BCUT2D eigenvalue weighted by Gasteiger charge is -2.26. The van der Waals surface area contributed by atoms with Crippen LogP contribution in [0.15, 0.2) is 30.3 Å². The van der Waals surface area contributed by atoms with Crippen molar-refractivity contribution in [3.05, 3.63) is 35.9 Å². The SMILES string of the molecule is CC(C)CCNC(=O)CCN(Cc1ccccc1)C(C)C. The Morgan fingerprint density at radius 3 is 2.38 bits per heavy atom. The molecule has 0 radical (unpaired) electrons. The van der Waals surface area contributed by atoms with E-state index < -0.39 is 0 Å². The predicted octanol–water partition coefficient (Wildman–Crippen LogP) is 3.45. The van der Waals surface area contributed by atoms with E-state index in [2.05, 4.69) is 62.2 Å². The van der Waals surface area contributed by atoms with Crippen molar-refractivity contribution >= 4 is 5.91 Å². The van der Waals surface area contributed by atoms with Gasteiger partial charge in [0.15, 0.2) is 0 Å². The number of nitrogens with one attached hydrogen (secondary N) is 1. The molecule has 0 saturated carbocycles. The number of hydrogen-bond acceptors (Lipinski definition) is 2. The number of amides is 1. The molecule has 0 bridgehead atoms. The molecule has 0 aliphatic heterocycles. The summed E-state index contributed by atoms with van der Waals surface area (Å²) in [5.41, 5.74) is 1.30. The molecular weight excluding hydrogens is 260 g/mol.